The Labute approximate surface area is 256 Å². The molecule has 206 valence electrons. The molecule has 43 heavy (non-hydrogen) atoms. The lowest BCUT2D eigenvalue weighted by molar-refractivity contribution is 0.444. The monoisotopic (exact) mass is 568 g/mol. The molecule has 0 radical (unpaired) electrons. The van der Waals surface area contributed by atoms with Crippen molar-refractivity contribution in [3.8, 4) is 22.3 Å². The largest absolute Gasteiger partial charge is 0.135 e. The Balaban J connectivity index is 1.29. The average Bonchev–Trinajstić information content (AvgIpc) is 3.47. The highest BCUT2D eigenvalue weighted by molar-refractivity contribution is 7.26. The van der Waals surface area contributed by atoms with E-state index < -0.39 is 0 Å². The number of fused-ring (bicyclic) bond motifs is 9. The van der Waals surface area contributed by atoms with E-state index in [9.17, 15) is 0 Å². The Hall–Kier alpha value is -4.46. The minimum Gasteiger partial charge on any atom is -0.135 e. The van der Waals surface area contributed by atoms with Crippen LogP contribution in [0.2, 0.25) is 0 Å². The molecule has 1 aliphatic rings. The summed E-state index contributed by atoms with van der Waals surface area (Å²) in [6, 6.07) is 48.1. The molecule has 0 spiro atoms. The van der Waals surface area contributed by atoms with Crippen LogP contribution in [0.3, 0.4) is 0 Å². The highest BCUT2D eigenvalue weighted by atomic mass is 32.1. The van der Waals surface area contributed by atoms with Crippen LogP contribution in [0.4, 0.5) is 0 Å². The van der Waals surface area contributed by atoms with Gasteiger partial charge in [0.25, 0.3) is 0 Å². The lowest BCUT2D eigenvalue weighted by Crippen LogP contribution is -2.05. The highest BCUT2D eigenvalue weighted by Gasteiger charge is 2.19. The van der Waals surface area contributed by atoms with Crippen molar-refractivity contribution in [3.05, 3.63) is 133 Å². The van der Waals surface area contributed by atoms with Crippen LogP contribution < -0.4 is 0 Å². The summed E-state index contributed by atoms with van der Waals surface area (Å²) in [4.78, 5) is 0. The molecule has 0 unspecified atom stereocenters. The second kappa shape index (κ2) is 10.1. The van der Waals surface area contributed by atoms with E-state index >= 15 is 0 Å². The molecule has 1 aliphatic carbocycles. The fourth-order valence-electron chi connectivity index (χ4n) is 7.71. The maximum atomic E-state index is 2.52. The van der Waals surface area contributed by atoms with Gasteiger partial charge in [-0.25, -0.2) is 0 Å². The summed E-state index contributed by atoms with van der Waals surface area (Å²) < 4.78 is 2.76. The lowest BCUT2D eigenvalue weighted by atomic mass is 9.81. The fraction of sp³-hybridized carbons (Fsp3) is 0.143. The first-order valence-electron chi connectivity index (χ1n) is 15.7. The van der Waals surface area contributed by atoms with Crippen molar-refractivity contribution in [1.29, 1.82) is 0 Å². The normalized spacial score (nSPS) is 14.4. The van der Waals surface area contributed by atoms with Crippen LogP contribution in [0.5, 0.6) is 0 Å². The van der Waals surface area contributed by atoms with Gasteiger partial charge in [0.05, 0.1) is 0 Å². The molecule has 1 saturated carbocycles. The first-order valence-corrected chi connectivity index (χ1v) is 16.5. The van der Waals surface area contributed by atoms with Gasteiger partial charge in [-0.2, -0.15) is 0 Å². The van der Waals surface area contributed by atoms with Crippen LogP contribution in [0.1, 0.15) is 43.6 Å². The van der Waals surface area contributed by atoms with Gasteiger partial charge in [0.1, 0.15) is 0 Å². The van der Waals surface area contributed by atoms with Crippen molar-refractivity contribution in [2.24, 2.45) is 0 Å². The van der Waals surface area contributed by atoms with Crippen LogP contribution in [-0.4, -0.2) is 0 Å². The minimum atomic E-state index is 0.638. The highest BCUT2D eigenvalue weighted by Crippen LogP contribution is 2.44. The molecular weight excluding hydrogens is 537 g/mol. The van der Waals surface area contributed by atoms with Gasteiger partial charge in [0.2, 0.25) is 0 Å². The molecule has 8 aromatic rings. The summed E-state index contributed by atoms with van der Waals surface area (Å²) in [5.41, 5.74) is 6.84. The summed E-state index contributed by atoms with van der Waals surface area (Å²) in [5.74, 6) is 0.638. The molecule has 0 bridgehead atoms. The third-order valence-electron chi connectivity index (χ3n) is 9.82. The van der Waals surface area contributed by atoms with Crippen molar-refractivity contribution in [2.45, 2.75) is 38.0 Å². The van der Waals surface area contributed by atoms with Crippen LogP contribution in [0, 0.1) is 0 Å². The third kappa shape index (κ3) is 4.10. The number of hydrogen-bond acceptors (Lipinski definition) is 1. The Kier molecular flexibility index (Phi) is 5.87. The van der Waals surface area contributed by atoms with Gasteiger partial charge in [0, 0.05) is 20.2 Å². The number of benzene rings is 7. The van der Waals surface area contributed by atoms with Crippen molar-refractivity contribution in [2.75, 3.05) is 0 Å². The topological polar surface area (TPSA) is 0 Å². The van der Waals surface area contributed by atoms with Crippen LogP contribution in [0.25, 0.3) is 74.7 Å². The zero-order valence-electron chi connectivity index (χ0n) is 24.1. The SMILES string of the molecule is c1ccc2c(c1)sc1c(-c3cc(-c4ccc5c6ccccc6c6ccccc6c5c4)cc(C4CCCCC4)c3)cccc12. The van der Waals surface area contributed by atoms with E-state index in [1.54, 1.807) is 0 Å². The average molecular weight is 569 g/mol. The van der Waals surface area contributed by atoms with E-state index in [1.165, 1.54) is 112 Å². The molecule has 1 aromatic heterocycles. The van der Waals surface area contributed by atoms with E-state index in [2.05, 4.69) is 127 Å². The van der Waals surface area contributed by atoms with E-state index in [4.69, 9.17) is 0 Å². The van der Waals surface area contributed by atoms with Gasteiger partial charge in [0.15, 0.2) is 0 Å². The van der Waals surface area contributed by atoms with Gasteiger partial charge >= 0.3 is 0 Å². The zero-order valence-corrected chi connectivity index (χ0v) is 25.0. The molecule has 1 heteroatoms. The van der Waals surface area contributed by atoms with Gasteiger partial charge < -0.3 is 0 Å². The molecule has 0 atom stereocenters. The summed E-state index contributed by atoms with van der Waals surface area (Å²) in [6.07, 6.45) is 6.64. The number of hydrogen-bond donors (Lipinski definition) is 0. The summed E-state index contributed by atoms with van der Waals surface area (Å²) in [5, 5.41) is 10.7. The first-order chi connectivity index (χ1) is 21.3. The summed E-state index contributed by atoms with van der Waals surface area (Å²) in [7, 11) is 0. The molecule has 0 saturated heterocycles. The molecule has 7 aromatic carbocycles. The predicted octanol–water partition coefficient (Wildman–Crippen LogP) is 12.9. The molecule has 1 heterocycles. The molecule has 1 fully saturated rings. The van der Waals surface area contributed by atoms with Gasteiger partial charge in [-0.05, 0) is 97.1 Å². The smallest absolute Gasteiger partial charge is 0.0433 e. The Morgan fingerprint density at radius 2 is 1.02 bits per heavy atom. The standard InChI is InChI=1S/C42H32S/c1-2-11-27(12-3-1)29-23-30(25-31(24-29)32-18-10-19-39-38-17-8-9-20-41(38)43-42(32)39)28-21-22-37-35-15-5-4-13-33(35)34-14-6-7-16-36(34)40(37)26-28/h4-10,13-27H,1-3,11-12H2. The quantitative estimate of drug-likeness (QED) is 0.186. The Morgan fingerprint density at radius 3 is 1.77 bits per heavy atom. The molecular formula is C42H32S. The van der Waals surface area contributed by atoms with Crippen LogP contribution in [-0.2, 0) is 0 Å². The molecule has 0 N–H and O–H groups in total. The van der Waals surface area contributed by atoms with Gasteiger partial charge in [-0.3, -0.25) is 0 Å². The van der Waals surface area contributed by atoms with E-state index in [-0.39, 0.29) is 0 Å². The summed E-state index contributed by atoms with van der Waals surface area (Å²) >= 11 is 1.93. The van der Waals surface area contributed by atoms with Crippen molar-refractivity contribution >= 4 is 63.8 Å². The Morgan fingerprint density at radius 1 is 0.419 bits per heavy atom. The molecule has 0 amide bonds. The van der Waals surface area contributed by atoms with Crippen molar-refractivity contribution < 1.29 is 0 Å². The van der Waals surface area contributed by atoms with E-state index in [1.807, 2.05) is 11.3 Å². The van der Waals surface area contributed by atoms with Crippen LogP contribution >= 0.6 is 11.3 Å². The number of thiophene rings is 1. The minimum absolute atomic E-state index is 0.638. The number of rotatable bonds is 3. The van der Waals surface area contributed by atoms with Crippen molar-refractivity contribution in [3.63, 3.8) is 0 Å². The van der Waals surface area contributed by atoms with Crippen LogP contribution in [0.15, 0.2) is 127 Å². The van der Waals surface area contributed by atoms with E-state index in [0.29, 0.717) is 5.92 Å². The third-order valence-corrected chi connectivity index (χ3v) is 11.0. The first kappa shape index (κ1) is 25.1. The molecule has 0 nitrogen and oxygen atoms in total. The molecule has 9 rings (SSSR count). The Bertz CT molecular complexity index is 2300. The van der Waals surface area contributed by atoms with Gasteiger partial charge in [-0.1, -0.05) is 128 Å². The van der Waals surface area contributed by atoms with Crippen molar-refractivity contribution in [1.82, 2.24) is 0 Å². The second-order valence-electron chi connectivity index (χ2n) is 12.3. The maximum absolute atomic E-state index is 2.52. The second-order valence-corrected chi connectivity index (χ2v) is 13.4. The zero-order chi connectivity index (χ0) is 28.3. The predicted molar refractivity (Wildman–Crippen MR) is 189 cm³/mol. The lowest BCUT2D eigenvalue weighted by Gasteiger charge is -2.23. The summed E-state index contributed by atoms with van der Waals surface area (Å²) in [6.45, 7) is 0. The maximum Gasteiger partial charge on any atom is 0.0433 e. The van der Waals surface area contributed by atoms with E-state index in [0.717, 1.165) is 0 Å². The fourth-order valence-corrected chi connectivity index (χ4v) is 8.95. The molecule has 0 aliphatic heterocycles. The van der Waals surface area contributed by atoms with Gasteiger partial charge in [-0.15, -0.1) is 11.3 Å².